The zero-order valence-electron chi connectivity index (χ0n) is 12.5. The van der Waals surface area contributed by atoms with Crippen molar-refractivity contribution in [1.82, 2.24) is 15.0 Å². The van der Waals surface area contributed by atoms with Crippen molar-refractivity contribution in [3.05, 3.63) is 47.3 Å². The summed E-state index contributed by atoms with van der Waals surface area (Å²) in [4.78, 5) is 11.0. The number of aromatic nitrogens is 3. The van der Waals surface area contributed by atoms with Crippen molar-refractivity contribution in [1.29, 1.82) is 0 Å². The SMILES string of the molecule is O=C(O)c1cccc(Cn2cc(C3CC4(C3)OCCO4)nn2)c1. The van der Waals surface area contributed by atoms with E-state index in [-0.39, 0.29) is 11.4 Å². The van der Waals surface area contributed by atoms with E-state index in [0.717, 1.165) is 24.1 Å². The first-order chi connectivity index (χ1) is 11.1. The second kappa shape index (κ2) is 5.43. The predicted octanol–water partition coefficient (Wildman–Crippen LogP) is 1.65. The Kier molecular flexibility index (Phi) is 3.39. The Balaban J connectivity index is 1.42. The van der Waals surface area contributed by atoms with Crippen molar-refractivity contribution in [2.75, 3.05) is 13.2 Å². The minimum absolute atomic E-state index is 0.277. The number of benzene rings is 1. The van der Waals surface area contributed by atoms with E-state index in [0.29, 0.717) is 25.7 Å². The molecule has 4 rings (SSSR count). The van der Waals surface area contributed by atoms with Crippen LogP contribution >= 0.6 is 0 Å². The van der Waals surface area contributed by atoms with Crippen molar-refractivity contribution in [2.24, 2.45) is 0 Å². The quantitative estimate of drug-likeness (QED) is 0.923. The lowest BCUT2D eigenvalue weighted by atomic mass is 9.77. The van der Waals surface area contributed by atoms with Gasteiger partial charge in [0.2, 0.25) is 0 Å². The first kappa shape index (κ1) is 14.3. The second-order valence-corrected chi connectivity index (χ2v) is 6.06. The maximum atomic E-state index is 11.0. The average Bonchev–Trinajstić information content (AvgIpc) is 3.15. The summed E-state index contributed by atoms with van der Waals surface area (Å²) in [5.41, 5.74) is 2.09. The highest BCUT2D eigenvalue weighted by Crippen LogP contribution is 2.48. The van der Waals surface area contributed by atoms with Crippen LogP contribution in [0.2, 0.25) is 0 Å². The summed E-state index contributed by atoms with van der Waals surface area (Å²) in [7, 11) is 0. The molecule has 1 aliphatic carbocycles. The summed E-state index contributed by atoms with van der Waals surface area (Å²) < 4.78 is 13.0. The molecule has 0 bridgehead atoms. The molecule has 120 valence electrons. The Bertz CT molecular complexity index is 728. The van der Waals surface area contributed by atoms with Crippen LogP contribution in [-0.4, -0.2) is 45.1 Å². The highest BCUT2D eigenvalue weighted by Gasteiger charge is 2.50. The molecule has 7 nitrogen and oxygen atoms in total. The molecule has 1 aromatic carbocycles. The van der Waals surface area contributed by atoms with Gasteiger partial charge in [0.25, 0.3) is 0 Å². The minimum atomic E-state index is -0.928. The van der Waals surface area contributed by atoms with Gasteiger partial charge < -0.3 is 14.6 Å². The molecule has 0 radical (unpaired) electrons. The summed E-state index contributed by atoms with van der Waals surface area (Å²) >= 11 is 0. The molecule has 2 heterocycles. The molecule has 0 atom stereocenters. The predicted molar refractivity (Wildman–Crippen MR) is 79.1 cm³/mol. The minimum Gasteiger partial charge on any atom is -0.478 e. The van der Waals surface area contributed by atoms with Crippen molar-refractivity contribution in [2.45, 2.75) is 31.1 Å². The zero-order valence-corrected chi connectivity index (χ0v) is 12.5. The van der Waals surface area contributed by atoms with Gasteiger partial charge in [-0.15, -0.1) is 5.10 Å². The third kappa shape index (κ3) is 2.73. The summed E-state index contributed by atoms with van der Waals surface area (Å²) in [5, 5.41) is 17.4. The number of carboxylic acids is 1. The van der Waals surface area contributed by atoms with E-state index in [9.17, 15) is 4.79 Å². The van der Waals surface area contributed by atoms with Crippen molar-refractivity contribution >= 4 is 5.97 Å². The van der Waals surface area contributed by atoms with Gasteiger partial charge in [-0.3, -0.25) is 0 Å². The standard InChI is InChI=1S/C16H17N3O4/c20-15(21)12-3-1-2-11(6-12)9-19-10-14(17-18-19)13-7-16(8-13)22-4-5-23-16/h1-3,6,10,13H,4-5,7-9H2,(H,20,21). The Morgan fingerprint density at radius 2 is 2.13 bits per heavy atom. The Hall–Kier alpha value is -2.25. The van der Waals surface area contributed by atoms with Gasteiger partial charge in [-0.05, 0) is 17.7 Å². The molecule has 2 aliphatic rings. The second-order valence-electron chi connectivity index (χ2n) is 6.06. The number of rotatable bonds is 4. The van der Waals surface area contributed by atoms with Crippen LogP contribution in [0.3, 0.4) is 0 Å². The van der Waals surface area contributed by atoms with E-state index >= 15 is 0 Å². The molecule has 0 unspecified atom stereocenters. The van der Waals surface area contributed by atoms with Gasteiger partial charge in [-0.25, -0.2) is 9.48 Å². The molecule has 0 amide bonds. The van der Waals surface area contributed by atoms with Crippen LogP contribution in [0.4, 0.5) is 0 Å². The number of nitrogens with zero attached hydrogens (tertiary/aromatic N) is 3. The fourth-order valence-electron chi connectivity index (χ4n) is 3.20. The van der Waals surface area contributed by atoms with Gasteiger partial charge in [0, 0.05) is 25.0 Å². The van der Waals surface area contributed by atoms with Crippen LogP contribution < -0.4 is 0 Å². The van der Waals surface area contributed by atoms with Gasteiger partial charge in [-0.2, -0.15) is 0 Å². The van der Waals surface area contributed by atoms with E-state index in [1.165, 1.54) is 0 Å². The van der Waals surface area contributed by atoms with Crippen LogP contribution in [0.15, 0.2) is 30.5 Å². The lowest BCUT2D eigenvalue weighted by Crippen LogP contribution is -2.43. The molecule has 1 saturated heterocycles. The van der Waals surface area contributed by atoms with E-state index in [1.54, 1.807) is 22.9 Å². The molecular formula is C16H17N3O4. The monoisotopic (exact) mass is 315 g/mol. The highest BCUT2D eigenvalue weighted by atomic mass is 16.7. The van der Waals surface area contributed by atoms with Crippen LogP contribution in [0, 0.1) is 0 Å². The molecule has 2 fully saturated rings. The van der Waals surface area contributed by atoms with Crippen molar-refractivity contribution in [3.63, 3.8) is 0 Å². The molecule has 7 heteroatoms. The average molecular weight is 315 g/mol. The summed E-state index contributed by atoms with van der Waals surface area (Å²) in [6.07, 6.45) is 3.56. The Labute approximate surface area is 132 Å². The first-order valence-corrected chi connectivity index (χ1v) is 7.64. The molecule has 2 aromatic rings. The molecule has 1 N–H and O–H groups in total. The van der Waals surface area contributed by atoms with Gasteiger partial charge in [0.05, 0.1) is 31.0 Å². The summed E-state index contributed by atoms with van der Waals surface area (Å²) in [5.74, 6) is -1.00. The van der Waals surface area contributed by atoms with E-state index < -0.39 is 5.97 Å². The number of carbonyl (C=O) groups is 1. The lowest BCUT2D eigenvalue weighted by Gasteiger charge is -2.41. The summed E-state index contributed by atoms with van der Waals surface area (Å²) in [6, 6.07) is 6.85. The Morgan fingerprint density at radius 3 is 2.87 bits per heavy atom. The molecular weight excluding hydrogens is 298 g/mol. The lowest BCUT2D eigenvalue weighted by molar-refractivity contribution is -0.216. The third-order valence-electron chi connectivity index (χ3n) is 4.42. The number of carboxylic acid groups (broad SMARTS) is 1. The molecule has 1 spiro atoms. The van der Waals surface area contributed by atoms with E-state index in [1.807, 2.05) is 12.3 Å². The highest BCUT2D eigenvalue weighted by molar-refractivity contribution is 5.87. The maximum Gasteiger partial charge on any atom is 0.335 e. The molecule has 1 aromatic heterocycles. The largest absolute Gasteiger partial charge is 0.478 e. The maximum absolute atomic E-state index is 11.0. The van der Waals surface area contributed by atoms with Crippen molar-refractivity contribution in [3.8, 4) is 0 Å². The number of aromatic carboxylic acids is 1. The fourth-order valence-corrected chi connectivity index (χ4v) is 3.20. The molecule has 23 heavy (non-hydrogen) atoms. The summed E-state index contributed by atoms with van der Waals surface area (Å²) in [6.45, 7) is 1.83. The van der Waals surface area contributed by atoms with Gasteiger partial charge in [0.15, 0.2) is 5.79 Å². The Morgan fingerprint density at radius 1 is 1.35 bits per heavy atom. The smallest absolute Gasteiger partial charge is 0.335 e. The number of hydrogen-bond donors (Lipinski definition) is 1. The first-order valence-electron chi connectivity index (χ1n) is 7.64. The number of ether oxygens (including phenoxy) is 2. The van der Waals surface area contributed by atoms with Gasteiger partial charge in [-0.1, -0.05) is 17.3 Å². The van der Waals surface area contributed by atoms with Crippen LogP contribution in [0.25, 0.3) is 0 Å². The molecule has 1 saturated carbocycles. The number of hydrogen-bond acceptors (Lipinski definition) is 5. The third-order valence-corrected chi connectivity index (χ3v) is 4.42. The normalized spacial score (nSPS) is 19.8. The van der Waals surface area contributed by atoms with Crippen LogP contribution in [0.1, 0.15) is 40.4 Å². The van der Waals surface area contributed by atoms with E-state index in [2.05, 4.69) is 10.3 Å². The van der Waals surface area contributed by atoms with Crippen molar-refractivity contribution < 1.29 is 19.4 Å². The van der Waals surface area contributed by atoms with Crippen LogP contribution in [-0.2, 0) is 16.0 Å². The van der Waals surface area contributed by atoms with E-state index in [4.69, 9.17) is 14.6 Å². The fraction of sp³-hybridized carbons (Fsp3) is 0.438. The van der Waals surface area contributed by atoms with Crippen LogP contribution in [0.5, 0.6) is 0 Å². The molecule has 1 aliphatic heterocycles. The van der Waals surface area contributed by atoms with Gasteiger partial charge >= 0.3 is 5.97 Å². The van der Waals surface area contributed by atoms with Gasteiger partial charge in [0.1, 0.15) is 0 Å². The zero-order chi connectivity index (χ0) is 15.9. The topological polar surface area (TPSA) is 86.5 Å².